The van der Waals surface area contributed by atoms with Gasteiger partial charge in [-0.15, -0.1) is 0 Å². The van der Waals surface area contributed by atoms with E-state index in [1.165, 1.54) is 0 Å². The summed E-state index contributed by atoms with van der Waals surface area (Å²) in [5, 5.41) is 0. The third-order valence-electron chi connectivity index (χ3n) is 4.71. The molecule has 0 radical (unpaired) electrons. The van der Waals surface area contributed by atoms with Crippen molar-refractivity contribution >= 4 is 11.7 Å². The number of ether oxygens (including phenoxy) is 1. The van der Waals surface area contributed by atoms with Crippen molar-refractivity contribution in [3.05, 3.63) is 17.6 Å². The van der Waals surface area contributed by atoms with Crippen molar-refractivity contribution in [2.45, 2.75) is 25.8 Å². The van der Waals surface area contributed by atoms with Gasteiger partial charge in [-0.25, -0.2) is 9.97 Å². The lowest BCUT2D eigenvalue weighted by Gasteiger charge is -2.30. The average Bonchev–Trinajstić information content (AvgIpc) is 3.03. The summed E-state index contributed by atoms with van der Waals surface area (Å²) in [6.45, 7) is 6.03. The zero-order valence-electron chi connectivity index (χ0n) is 14.9. The minimum absolute atomic E-state index is 0.198. The minimum Gasteiger partial charge on any atom is -0.378 e. The molecule has 0 spiro atoms. The number of hydrogen-bond donors (Lipinski definition) is 0. The Hall–Kier alpha value is -1.73. The summed E-state index contributed by atoms with van der Waals surface area (Å²) >= 11 is 0. The van der Waals surface area contributed by atoms with Gasteiger partial charge in [0.25, 0.3) is 0 Å². The number of nitrogens with zero attached hydrogens (tertiary/aromatic N) is 5. The van der Waals surface area contributed by atoms with E-state index in [1.807, 2.05) is 30.8 Å². The van der Waals surface area contributed by atoms with Crippen molar-refractivity contribution in [1.82, 2.24) is 19.8 Å². The van der Waals surface area contributed by atoms with E-state index in [4.69, 9.17) is 4.74 Å². The van der Waals surface area contributed by atoms with Gasteiger partial charge < -0.3 is 14.5 Å². The molecule has 0 N–H and O–H groups in total. The van der Waals surface area contributed by atoms with Crippen molar-refractivity contribution in [1.29, 1.82) is 0 Å². The van der Waals surface area contributed by atoms with Crippen molar-refractivity contribution in [2.75, 3.05) is 58.4 Å². The monoisotopic (exact) mass is 333 g/mol. The molecule has 2 fully saturated rings. The SMILES string of the molecule is Cc1nc(C2CCCN2CC(=O)N2CCOCC2)cc(N(C)C)n1. The van der Waals surface area contributed by atoms with Crippen LogP contribution in [0.25, 0.3) is 0 Å². The van der Waals surface area contributed by atoms with Crippen LogP contribution in [0.15, 0.2) is 6.07 Å². The minimum atomic E-state index is 0.198. The maximum atomic E-state index is 12.6. The van der Waals surface area contributed by atoms with Crippen LogP contribution in [0, 0.1) is 6.92 Å². The zero-order valence-corrected chi connectivity index (χ0v) is 14.9. The topological polar surface area (TPSA) is 61.8 Å². The molecular weight excluding hydrogens is 306 g/mol. The van der Waals surface area contributed by atoms with Crippen LogP contribution in [0.4, 0.5) is 5.82 Å². The van der Waals surface area contributed by atoms with Crippen LogP contribution in [0.3, 0.4) is 0 Å². The maximum absolute atomic E-state index is 12.6. The van der Waals surface area contributed by atoms with Crippen LogP contribution in [0.2, 0.25) is 0 Å². The van der Waals surface area contributed by atoms with Crippen molar-refractivity contribution in [3.63, 3.8) is 0 Å². The number of rotatable bonds is 4. The Kier molecular flexibility index (Phi) is 5.30. The number of carbonyl (C=O) groups excluding carboxylic acids is 1. The van der Waals surface area contributed by atoms with Crippen molar-refractivity contribution in [3.8, 4) is 0 Å². The molecule has 7 heteroatoms. The first-order chi connectivity index (χ1) is 11.5. The lowest BCUT2D eigenvalue weighted by atomic mass is 10.1. The molecule has 1 atom stereocenters. The second-order valence-corrected chi connectivity index (χ2v) is 6.71. The molecule has 3 rings (SSSR count). The summed E-state index contributed by atoms with van der Waals surface area (Å²) in [5.41, 5.74) is 1.03. The summed E-state index contributed by atoms with van der Waals surface area (Å²) in [6, 6.07) is 2.25. The molecule has 0 saturated carbocycles. The summed E-state index contributed by atoms with van der Waals surface area (Å²) in [5.74, 6) is 1.90. The number of anilines is 1. The molecule has 24 heavy (non-hydrogen) atoms. The van der Waals surface area contributed by atoms with E-state index in [-0.39, 0.29) is 11.9 Å². The smallest absolute Gasteiger partial charge is 0.236 e. The van der Waals surface area contributed by atoms with E-state index in [0.717, 1.165) is 36.7 Å². The second-order valence-electron chi connectivity index (χ2n) is 6.71. The highest BCUT2D eigenvalue weighted by atomic mass is 16.5. The summed E-state index contributed by atoms with van der Waals surface area (Å²) < 4.78 is 5.33. The first-order valence-electron chi connectivity index (χ1n) is 8.67. The number of likely N-dealkylation sites (tertiary alicyclic amines) is 1. The van der Waals surface area contributed by atoms with E-state index in [9.17, 15) is 4.79 Å². The normalized spacial score (nSPS) is 22.0. The maximum Gasteiger partial charge on any atom is 0.236 e. The van der Waals surface area contributed by atoms with Gasteiger partial charge in [0.15, 0.2) is 0 Å². The number of aromatic nitrogens is 2. The lowest BCUT2D eigenvalue weighted by molar-refractivity contribution is -0.136. The summed E-state index contributed by atoms with van der Waals surface area (Å²) in [7, 11) is 3.97. The highest BCUT2D eigenvalue weighted by molar-refractivity contribution is 5.78. The molecule has 2 saturated heterocycles. The molecule has 1 aromatic heterocycles. The van der Waals surface area contributed by atoms with Crippen LogP contribution in [0.1, 0.15) is 30.4 Å². The van der Waals surface area contributed by atoms with E-state index in [1.54, 1.807) is 0 Å². The number of carbonyl (C=O) groups is 1. The molecule has 0 aromatic carbocycles. The standard InChI is InChI=1S/C17H27N5O2/c1-13-18-14(11-16(19-13)20(2)3)15-5-4-6-22(15)12-17(23)21-7-9-24-10-8-21/h11,15H,4-10,12H2,1-3H3. The molecule has 2 aliphatic heterocycles. The Morgan fingerprint density at radius 1 is 1.29 bits per heavy atom. The van der Waals surface area contributed by atoms with Crippen LogP contribution in [-0.2, 0) is 9.53 Å². The van der Waals surface area contributed by atoms with Crippen molar-refractivity contribution in [2.24, 2.45) is 0 Å². The highest BCUT2D eigenvalue weighted by Crippen LogP contribution is 2.31. The number of hydrogen-bond acceptors (Lipinski definition) is 6. The number of aryl methyl sites for hydroxylation is 1. The van der Waals surface area contributed by atoms with Gasteiger partial charge in [-0.2, -0.15) is 0 Å². The quantitative estimate of drug-likeness (QED) is 0.814. The predicted molar refractivity (Wildman–Crippen MR) is 92.0 cm³/mol. The Labute approximate surface area is 143 Å². The summed E-state index contributed by atoms with van der Waals surface area (Å²) in [6.07, 6.45) is 2.14. The van der Waals surface area contributed by atoms with E-state index in [2.05, 4.69) is 20.9 Å². The number of amides is 1. The largest absolute Gasteiger partial charge is 0.378 e. The fourth-order valence-corrected chi connectivity index (χ4v) is 3.41. The zero-order chi connectivity index (χ0) is 17.1. The van der Waals surface area contributed by atoms with Crippen LogP contribution in [-0.4, -0.2) is 79.2 Å². The molecule has 1 amide bonds. The Balaban J connectivity index is 1.72. The van der Waals surface area contributed by atoms with Gasteiger partial charge in [-0.1, -0.05) is 0 Å². The number of morpholine rings is 1. The lowest BCUT2D eigenvalue weighted by Crippen LogP contribution is -2.45. The van der Waals surface area contributed by atoms with Crippen LogP contribution in [0.5, 0.6) is 0 Å². The fourth-order valence-electron chi connectivity index (χ4n) is 3.41. The molecule has 132 valence electrons. The van der Waals surface area contributed by atoms with Gasteiger partial charge in [0, 0.05) is 33.3 Å². The molecular formula is C17H27N5O2. The Morgan fingerprint density at radius 2 is 2.04 bits per heavy atom. The molecule has 0 aliphatic carbocycles. The van der Waals surface area contributed by atoms with Gasteiger partial charge in [-0.05, 0) is 26.3 Å². The molecule has 0 bridgehead atoms. The Bertz CT molecular complexity index is 586. The first kappa shape index (κ1) is 17.1. The van der Waals surface area contributed by atoms with Gasteiger partial charge in [0.1, 0.15) is 11.6 Å². The Morgan fingerprint density at radius 3 is 2.75 bits per heavy atom. The van der Waals surface area contributed by atoms with Gasteiger partial charge in [0.2, 0.25) is 5.91 Å². The first-order valence-corrected chi connectivity index (χ1v) is 8.67. The van der Waals surface area contributed by atoms with Crippen molar-refractivity contribution < 1.29 is 9.53 Å². The van der Waals surface area contributed by atoms with Crippen LogP contribution >= 0.6 is 0 Å². The highest BCUT2D eigenvalue weighted by Gasteiger charge is 2.31. The van der Waals surface area contributed by atoms with Gasteiger partial charge in [0.05, 0.1) is 31.5 Å². The molecule has 7 nitrogen and oxygen atoms in total. The van der Waals surface area contributed by atoms with Gasteiger partial charge in [-0.3, -0.25) is 9.69 Å². The second kappa shape index (κ2) is 7.44. The molecule has 2 aliphatic rings. The molecule has 1 unspecified atom stereocenters. The summed E-state index contributed by atoms with van der Waals surface area (Å²) in [4.78, 5) is 27.8. The van der Waals surface area contributed by atoms with E-state index in [0.29, 0.717) is 32.8 Å². The fraction of sp³-hybridized carbons (Fsp3) is 0.706. The van der Waals surface area contributed by atoms with E-state index >= 15 is 0 Å². The van der Waals surface area contributed by atoms with E-state index < -0.39 is 0 Å². The third-order valence-corrected chi connectivity index (χ3v) is 4.71. The van der Waals surface area contributed by atoms with Gasteiger partial charge >= 0.3 is 0 Å². The molecule has 1 aromatic rings. The molecule has 3 heterocycles. The van der Waals surface area contributed by atoms with Crippen LogP contribution < -0.4 is 4.90 Å². The average molecular weight is 333 g/mol. The predicted octanol–water partition coefficient (Wildman–Crippen LogP) is 0.847. The third kappa shape index (κ3) is 3.84.